The molecule has 0 saturated heterocycles. The number of pyridine rings is 1. The minimum Gasteiger partial charge on any atom is -0.295 e. The van der Waals surface area contributed by atoms with Crippen LogP contribution in [-0.4, -0.2) is 16.4 Å². The van der Waals surface area contributed by atoms with Gasteiger partial charge in [0.1, 0.15) is 5.15 Å². The molecule has 3 heteroatoms. The van der Waals surface area contributed by atoms with Crippen molar-refractivity contribution < 1.29 is 0 Å². The van der Waals surface area contributed by atoms with Gasteiger partial charge in [-0.05, 0) is 18.2 Å². The Kier molecular flexibility index (Phi) is 2.03. The van der Waals surface area contributed by atoms with Crippen molar-refractivity contribution in [3.8, 4) is 0 Å². The summed E-state index contributed by atoms with van der Waals surface area (Å²) >= 11 is 5.95. The quantitative estimate of drug-likeness (QED) is 0.619. The highest BCUT2D eigenvalue weighted by molar-refractivity contribution is 6.30. The molecule has 12 heavy (non-hydrogen) atoms. The fourth-order valence-corrected chi connectivity index (χ4v) is 1.80. The summed E-state index contributed by atoms with van der Waals surface area (Å²) < 4.78 is 0. The van der Waals surface area contributed by atoms with Crippen molar-refractivity contribution in [3.63, 3.8) is 0 Å². The van der Waals surface area contributed by atoms with Crippen LogP contribution in [0.1, 0.15) is 18.1 Å². The maximum Gasteiger partial charge on any atom is 0.133 e. The Morgan fingerprint density at radius 1 is 1.58 bits per heavy atom. The van der Waals surface area contributed by atoms with Gasteiger partial charge in [0.2, 0.25) is 0 Å². The highest BCUT2D eigenvalue weighted by Gasteiger charge is 2.19. The summed E-state index contributed by atoms with van der Waals surface area (Å²) in [6.45, 7) is 5.21. The monoisotopic (exact) mass is 182 g/mol. The molecule has 1 aromatic rings. The van der Waals surface area contributed by atoms with Crippen LogP contribution in [-0.2, 0) is 13.1 Å². The molecule has 2 rings (SSSR count). The Morgan fingerprint density at radius 3 is 3.08 bits per heavy atom. The first-order valence-electron chi connectivity index (χ1n) is 4.16. The summed E-state index contributed by atoms with van der Waals surface area (Å²) in [6, 6.07) is 2.05. The molecular formula is C9H11ClN2. The average Bonchev–Trinajstić information content (AvgIpc) is 2.49. The first-order valence-corrected chi connectivity index (χ1v) is 4.53. The third kappa shape index (κ3) is 1.21. The summed E-state index contributed by atoms with van der Waals surface area (Å²) in [7, 11) is 0. The SMILES string of the molecule is CCN1Cc2ccnc(Cl)c2C1. The molecule has 1 aliphatic heterocycles. The number of halogens is 1. The second kappa shape index (κ2) is 3.04. The lowest BCUT2D eigenvalue weighted by molar-refractivity contribution is 0.301. The summed E-state index contributed by atoms with van der Waals surface area (Å²) in [4.78, 5) is 6.40. The van der Waals surface area contributed by atoms with E-state index in [1.807, 2.05) is 0 Å². The molecule has 64 valence electrons. The van der Waals surface area contributed by atoms with Crippen molar-refractivity contribution in [1.82, 2.24) is 9.88 Å². The third-order valence-electron chi connectivity index (χ3n) is 2.32. The van der Waals surface area contributed by atoms with Gasteiger partial charge in [0.15, 0.2) is 0 Å². The van der Waals surface area contributed by atoms with Crippen LogP contribution in [0.2, 0.25) is 5.15 Å². The van der Waals surface area contributed by atoms with E-state index < -0.39 is 0 Å². The number of hydrogen-bond acceptors (Lipinski definition) is 2. The topological polar surface area (TPSA) is 16.1 Å². The second-order valence-electron chi connectivity index (χ2n) is 3.04. The Hall–Kier alpha value is -0.600. The van der Waals surface area contributed by atoms with Crippen molar-refractivity contribution in [2.24, 2.45) is 0 Å². The van der Waals surface area contributed by atoms with Crippen LogP contribution in [0.15, 0.2) is 12.3 Å². The van der Waals surface area contributed by atoms with E-state index in [1.54, 1.807) is 6.20 Å². The Bertz CT molecular complexity index is 299. The van der Waals surface area contributed by atoms with E-state index in [0.29, 0.717) is 5.15 Å². The van der Waals surface area contributed by atoms with E-state index in [-0.39, 0.29) is 0 Å². The van der Waals surface area contributed by atoms with Gasteiger partial charge in [-0.3, -0.25) is 4.90 Å². The lowest BCUT2D eigenvalue weighted by atomic mass is 10.2. The van der Waals surface area contributed by atoms with Gasteiger partial charge in [-0.15, -0.1) is 0 Å². The molecule has 1 aromatic heterocycles. The smallest absolute Gasteiger partial charge is 0.133 e. The first-order chi connectivity index (χ1) is 5.81. The molecule has 0 unspecified atom stereocenters. The van der Waals surface area contributed by atoms with E-state index >= 15 is 0 Å². The highest BCUT2D eigenvalue weighted by Crippen LogP contribution is 2.26. The van der Waals surface area contributed by atoms with Gasteiger partial charge in [0.25, 0.3) is 0 Å². The number of rotatable bonds is 1. The predicted molar refractivity (Wildman–Crippen MR) is 49.0 cm³/mol. The fourth-order valence-electron chi connectivity index (χ4n) is 1.56. The maximum absolute atomic E-state index is 5.95. The molecule has 0 amide bonds. The van der Waals surface area contributed by atoms with Crippen molar-refractivity contribution in [1.29, 1.82) is 0 Å². The number of nitrogens with zero attached hydrogens (tertiary/aromatic N) is 2. The summed E-state index contributed by atoms with van der Waals surface area (Å²) in [5, 5.41) is 0.670. The van der Waals surface area contributed by atoms with Gasteiger partial charge in [0.05, 0.1) is 0 Å². The standard InChI is InChI=1S/C9H11ClN2/c1-2-12-5-7-3-4-11-9(10)8(7)6-12/h3-4H,2,5-6H2,1H3. The van der Waals surface area contributed by atoms with Gasteiger partial charge in [-0.25, -0.2) is 4.98 Å². The molecule has 1 aliphatic rings. The fraction of sp³-hybridized carbons (Fsp3) is 0.444. The number of fused-ring (bicyclic) bond motifs is 1. The van der Waals surface area contributed by atoms with E-state index in [1.165, 1.54) is 11.1 Å². The van der Waals surface area contributed by atoms with Crippen LogP contribution in [0.4, 0.5) is 0 Å². The largest absolute Gasteiger partial charge is 0.295 e. The molecule has 0 aromatic carbocycles. The Morgan fingerprint density at radius 2 is 2.42 bits per heavy atom. The molecule has 0 saturated carbocycles. The van der Waals surface area contributed by atoms with Gasteiger partial charge in [-0.1, -0.05) is 18.5 Å². The number of hydrogen-bond donors (Lipinski definition) is 0. The van der Waals surface area contributed by atoms with Crippen LogP contribution < -0.4 is 0 Å². The predicted octanol–water partition coefficient (Wildman–Crippen LogP) is 2.07. The lowest BCUT2D eigenvalue weighted by Crippen LogP contribution is -2.14. The molecule has 0 radical (unpaired) electrons. The molecule has 0 fully saturated rings. The van der Waals surface area contributed by atoms with E-state index in [4.69, 9.17) is 11.6 Å². The molecule has 0 aliphatic carbocycles. The van der Waals surface area contributed by atoms with Crippen LogP contribution in [0.25, 0.3) is 0 Å². The minimum atomic E-state index is 0.670. The molecule has 2 nitrogen and oxygen atoms in total. The van der Waals surface area contributed by atoms with Crippen LogP contribution in [0.5, 0.6) is 0 Å². The molecule has 0 N–H and O–H groups in total. The van der Waals surface area contributed by atoms with Gasteiger partial charge < -0.3 is 0 Å². The normalized spacial score (nSPS) is 16.5. The molecule has 0 spiro atoms. The molecule has 0 bridgehead atoms. The van der Waals surface area contributed by atoms with Crippen molar-refractivity contribution >= 4 is 11.6 Å². The zero-order valence-electron chi connectivity index (χ0n) is 7.05. The van der Waals surface area contributed by atoms with Crippen molar-refractivity contribution in [2.45, 2.75) is 20.0 Å². The first kappa shape index (κ1) is 8.02. The number of aromatic nitrogens is 1. The van der Waals surface area contributed by atoms with Gasteiger partial charge in [0, 0.05) is 24.8 Å². The summed E-state index contributed by atoms with van der Waals surface area (Å²) in [5.41, 5.74) is 2.54. The zero-order chi connectivity index (χ0) is 8.55. The zero-order valence-corrected chi connectivity index (χ0v) is 7.80. The molecule has 2 heterocycles. The van der Waals surface area contributed by atoms with Crippen LogP contribution >= 0.6 is 11.6 Å². The van der Waals surface area contributed by atoms with E-state index in [2.05, 4.69) is 22.9 Å². The van der Waals surface area contributed by atoms with Crippen LogP contribution in [0, 0.1) is 0 Å². The molecule has 0 atom stereocenters. The summed E-state index contributed by atoms with van der Waals surface area (Å²) in [6.07, 6.45) is 1.78. The average molecular weight is 183 g/mol. The maximum atomic E-state index is 5.95. The minimum absolute atomic E-state index is 0.670. The second-order valence-corrected chi connectivity index (χ2v) is 3.40. The Balaban J connectivity index is 2.35. The third-order valence-corrected chi connectivity index (χ3v) is 2.65. The van der Waals surface area contributed by atoms with Gasteiger partial charge in [-0.2, -0.15) is 0 Å². The highest BCUT2D eigenvalue weighted by atomic mass is 35.5. The Labute approximate surface area is 77.2 Å². The lowest BCUT2D eigenvalue weighted by Gasteiger charge is -2.09. The molecular weight excluding hydrogens is 172 g/mol. The van der Waals surface area contributed by atoms with Crippen molar-refractivity contribution in [2.75, 3.05) is 6.54 Å². The van der Waals surface area contributed by atoms with E-state index in [9.17, 15) is 0 Å². The van der Waals surface area contributed by atoms with Gasteiger partial charge >= 0.3 is 0 Å². The van der Waals surface area contributed by atoms with Crippen LogP contribution in [0.3, 0.4) is 0 Å². The van der Waals surface area contributed by atoms with Crippen molar-refractivity contribution in [3.05, 3.63) is 28.5 Å². The summed E-state index contributed by atoms with van der Waals surface area (Å²) in [5.74, 6) is 0. The van der Waals surface area contributed by atoms with E-state index in [0.717, 1.165) is 19.6 Å².